The van der Waals surface area contributed by atoms with E-state index in [0.717, 1.165) is 5.69 Å². The second-order valence-corrected chi connectivity index (χ2v) is 3.97. The smallest absolute Gasteiger partial charge is 0.169 e. The predicted octanol–water partition coefficient (Wildman–Crippen LogP) is 2.34. The minimum absolute atomic E-state index is 0.315. The molecule has 0 aliphatic carbocycles. The van der Waals surface area contributed by atoms with E-state index in [-0.39, 0.29) is 0 Å². The number of benzene rings is 1. The number of hydrogen-bond donors (Lipinski definition) is 0. The molecule has 0 N–H and O–H groups in total. The van der Waals surface area contributed by atoms with E-state index in [4.69, 9.17) is 16.9 Å². The van der Waals surface area contributed by atoms with E-state index in [9.17, 15) is 0 Å². The van der Waals surface area contributed by atoms with Gasteiger partial charge in [0.2, 0.25) is 0 Å². The Balaban J connectivity index is 2.26. The van der Waals surface area contributed by atoms with Crippen molar-refractivity contribution >= 4 is 22.8 Å². The average Bonchev–Trinajstić information content (AvgIpc) is 2.84. The first-order chi connectivity index (χ1) is 8.79. The molecular weight excluding hydrogens is 250 g/mol. The number of halogens is 1. The fourth-order valence-electron chi connectivity index (χ4n) is 1.72. The van der Waals surface area contributed by atoms with Crippen LogP contribution >= 0.6 is 11.6 Å². The van der Waals surface area contributed by atoms with E-state index in [1.807, 2.05) is 12.1 Å². The molecular formula is C12H6ClN5. The topological polar surface area (TPSA) is 67.4 Å². The Bertz CT molecular complexity index is 771. The number of nitriles is 1. The van der Waals surface area contributed by atoms with Gasteiger partial charge in [-0.2, -0.15) is 5.26 Å². The van der Waals surface area contributed by atoms with Gasteiger partial charge in [-0.1, -0.05) is 17.7 Å². The highest BCUT2D eigenvalue weighted by Gasteiger charge is 2.09. The van der Waals surface area contributed by atoms with Crippen LogP contribution in [0.1, 0.15) is 5.56 Å². The molecule has 0 unspecified atom stereocenters. The normalized spacial score (nSPS) is 10.4. The summed E-state index contributed by atoms with van der Waals surface area (Å²) in [5.41, 5.74) is 2.55. The van der Waals surface area contributed by atoms with E-state index < -0.39 is 0 Å². The summed E-state index contributed by atoms with van der Waals surface area (Å²) in [5, 5.41) is 9.21. The van der Waals surface area contributed by atoms with Crippen molar-refractivity contribution < 1.29 is 0 Å². The van der Waals surface area contributed by atoms with Crippen molar-refractivity contribution in [2.45, 2.75) is 0 Å². The van der Waals surface area contributed by atoms with Crippen LogP contribution < -0.4 is 0 Å². The molecule has 0 bridgehead atoms. The summed E-state index contributed by atoms with van der Waals surface area (Å²) in [7, 11) is 0. The third-order valence-electron chi connectivity index (χ3n) is 2.54. The van der Waals surface area contributed by atoms with Crippen LogP contribution in [0.4, 0.5) is 0 Å². The lowest BCUT2D eigenvalue weighted by atomic mass is 10.2. The van der Waals surface area contributed by atoms with Gasteiger partial charge >= 0.3 is 0 Å². The van der Waals surface area contributed by atoms with Crippen molar-refractivity contribution in [1.82, 2.24) is 19.5 Å². The molecule has 2 heterocycles. The van der Waals surface area contributed by atoms with Crippen LogP contribution in [-0.2, 0) is 0 Å². The van der Waals surface area contributed by atoms with Gasteiger partial charge in [0, 0.05) is 5.69 Å². The maximum Gasteiger partial charge on any atom is 0.169 e. The van der Waals surface area contributed by atoms with Crippen molar-refractivity contribution in [2.24, 2.45) is 0 Å². The van der Waals surface area contributed by atoms with E-state index in [0.29, 0.717) is 21.9 Å². The first-order valence-corrected chi connectivity index (χ1v) is 5.51. The molecule has 0 fully saturated rings. The highest BCUT2D eigenvalue weighted by atomic mass is 35.5. The lowest BCUT2D eigenvalue weighted by Crippen LogP contribution is -1.94. The van der Waals surface area contributed by atoms with E-state index in [2.05, 4.69) is 21.0 Å². The van der Waals surface area contributed by atoms with Gasteiger partial charge in [0.1, 0.15) is 18.2 Å². The standard InChI is InChI=1S/C12H6ClN5/c13-11-10-12(16-6-15-11)18(7-17-10)9-3-1-2-8(4-9)5-14/h1-4,6-7H. The summed E-state index contributed by atoms with van der Waals surface area (Å²) in [4.78, 5) is 12.2. The van der Waals surface area contributed by atoms with E-state index in [1.54, 1.807) is 23.0 Å². The lowest BCUT2D eigenvalue weighted by molar-refractivity contribution is 1.06. The minimum atomic E-state index is 0.315. The number of imidazole rings is 1. The van der Waals surface area contributed by atoms with Gasteiger partial charge in [0.15, 0.2) is 10.8 Å². The summed E-state index contributed by atoms with van der Waals surface area (Å²) in [6, 6.07) is 9.28. The Morgan fingerprint density at radius 2 is 2.11 bits per heavy atom. The van der Waals surface area contributed by atoms with Gasteiger partial charge in [-0.25, -0.2) is 15.0 Å². The largest absolute Gasteiger partial charge is 0.283 e. The molecule has 0 saturated carbocycles. The molecule has 0 spiro atoms. The average molecular weight is 256 g/mol. The first kappa shape index (κ1) is 10.7. The Kier molecular flexibility index (Phi) is 2.43. The van der Waals surface area contributed by atoms with E-state index >= 15 is 0 Å². The molecule has 5 nitrogen and oxygen atoms in total. The van der Waals surface area contributed by atoms with Crippen LogP contribution in [0.2, 0.25) is 5.15 Å². The quantitative estimate of drug-likeness (QED) is 0.626. The SMILES string of the molecule is N#Cc1cccc(-n2cnc3c(Cl)ncnc32)c1. The second kappa shape index (κ2) is 4.09. The molecule has 0 saturated heterocycles. The summed E-state index contributed by atoms with van der Waals surface area (Å²) in [6.07, 6.45) is 3.00. The van der Waals surface area contributed by atoms with Crippen molar-refractivity contribution in [3.8, 4) is 11.8 Å². The van der Waals surface area contributed by atoms with Crippen molar-refractivity contribution in [3.63, 3.8) is 0 Å². The molecule has 0 aliphatic heterocycles. The van der Waals surface area contributed by atoms with Crippen molar-refractivity contribution in [1.29, 1.82) is 5.26 Å². The summed E-state index contributed by atoms with van der Waals surface area (Å²) in [5.74, 6) is 0. The number of rotatable bonds is 1. The summed E-state index contributed by atoms with van der Waals surface area (Å²) >= 11 is 5.94. The van der Waals surface area contributed by atoms with E-state index in [1.165, 1.54) is 6.33 Å². The van der Waals surface area contributed by atoms with Gasteiger partial charge < -0.3 is 0 Å². The summed E-state index contributed by atoms with van der Waals surface area (Å²) in [6.45, 7) is 0. The minimum Gasteiger partial charge on any atom is -0.283 e. The molecule has 18 heavy (non-hydrogen) atoms. The molecule has 0 radical (unpaired) electrons. The Morgan fingerprint density at radius 1 is 1.22 bits per heavy atom. The Hall–Kier alpha value is -2.45. The zero-order valence-electron chi connectivity index (χ0n) is 9.08. The van der Waals surface area contributed by atoms with Crippen LogP contribution in [-0.4, -0.2) is 19.5 Å². The highest BCUT2D eigenvalue weighted by Crippen LogP contribution is 2.20. The van der Waals surface area contributed by atoms with Gasteiger partial charge in [-0.05, 0) is 18.2 Å². The fourth-order valence-corrected chi connectivity index (χ4v) is 1.90. The number of fused-ring (bicyclic) bond motifs is 1. The number of aromatic nitrogens is 4. The van der Waals surface area contributed by atoms with Crippen LogP contribution in [0.5, 0.6) is 0 Å². The predicted molar refractivity (Wildman–Crippen MR) is 66.4 cm³/mol. The Morgan fingerprint density at radius 3 is 2.94 bits per heavy atom. The van der Waals surface area contributed by atoms with Crippen LogP contribution in [0.3, 0.4) is 0 Å². The van der Waals surface area contributed by atoms with Crippen LogP contribution in [0.25, 0.3) is 16.9 Å². The zero-order valence-corrected chi connectivity index (χ0v) is 9.83. The Labute approximate surface area is 107 Å². The maximum atomic E-state index is 8.90. The van der Waals surface area contributed by atoms with Gasteiger partial charge in [-0.15, -0.1) is 0 Å². The van der Waals surface area contributed by atoms with Gasteiger partial charge in [0.25, 0.3) is 0 Å². The molecule has 2 aromatic heterocycles. The molecule has 0 aliphatic rings. The molecule has 0 atom stereocenters. The third-order valence-corrected chi connectivity index (χ3v) is 2.82. The van der Waals surface area contributed by atoms with Gasteiger partial charge in [0.05, 0.1) is 11.6 Å². The first-order valence-electron chi connectivity index (χ1n) is 5.13. The molecule has 6 heteroatoms. The molecule has 1 aromatic carbocycles. The fraction of sp³-hybridized carbons (Fsp3) is 0. The van der Waals surface area contributed by atoms with Crippen LogP contribution in [0.15, 0.2) is 36.9 Å². The molecule has 3 rings (SSSR count). The highest BCUT2D eigenvalue weighted by molar-refractivity contribution is 6.33. The number of hydrogen-bond acceptors (Lipinski definition) is 4. The summed E-state index contributed by atoms with van der Waals surface area (Å²) < 4.78 is 1.77. The molecule has 3 aromatic rings. The zero-order chi connectivity index (χ0) is 12.5. The maximum absolute atomic E-state index is 8.90. The monoisotopic (exact) mass is 255 g/mol. The van der Waals surface area contributed by atoms with Crippen molar-refractivity contribution in [3.05, 3.63) is 47.6 Å². The second-order valence-electron chi connectivity index (χ2n) is 3.61. The number of nitrogens with zero attached hydrogens (tertiary/aromatic N) is 5. The third kappa shape index (κ3) is 1.60. The van der Waals surface area contributed by atoms with Crippen molar-refractivity contribution in [2.75, 3.05) is 0 Å². The lowest BCUT2D eigenvalue weighted by Gasteiger charge is -2.03. The van der Waals surface area contributed by atoms with Gasteiger partial charge in [-0.3, -0.25) is 4.57 Å². The molecule has 86 valence electrons. The molecule has 0 amide bonds. The van der Waals surface area contributed by atoms with Crippen LogP contribution in [0, 0.1) is 11.3 Å².